The first-order valence-electron chi connectivity index (χ1n) is 10.8. The van der Waals surface area contributed by atoms with E-state index in [9.17, 15) is 9.59 Å². The van der Waals surface area contributed by atoms with Gasteiger partial charge in [-0.25, -0.2) is 0 Å². The maximum atomic E-state index is 13.4. The molecule has 0 aliphatic carbocycles. The largest absolute Gasteiger partial charge is 0.484 e. The summed E-state index contributed by atoms with van der Waals surface area (Å²) >= 11 is 6.46. The van der Waals surface area contributed by atoms with E-state index in [0.717, 1.165) is 5.56 Å². The highest BCUT2D eigenvalue weighted by atomic mass is 35.5. The number of hydrogen-bond donors (Lipinski definition) is 1. The van der Waals surface area contributed by atoms with Gasteiger partial charge in [-0.1, -0.05) is 29.8 Å². The zero-order valence-electron chi connectivity index (χ0n) is 17.8. The molecule has 32 heavy (non-hydrogen) atoms. The van der Waals surface area contributed by atoms with Gasteiger partial charge in [-0.3, -0.25) is 9.59 Å². The van der Waals surface area contributed by atoms with E-state index in [1.54, 1.807) is 29.2 Å². The fraction of sp³-hybridized carbons (Fsp3) is 0.417. The Kier molecular flexibility index (Phi) is 7.29. The zero-order chi connectivity index (χ0) is 22.4. The number of halogens is 1. The second-order valence-corrected chi connectivity index (χ2v) is 8.34. The number of nitrogens with zero attached hydrogens (tertiary/aromatic N) is 1. The molecule has 0 unspecified atom stereocenters. The number of amides is 2. The minimum Gasteiger partial charge on any atom is -0.484 e. The fourth-order valence-electron chi connectivity index (χ4n) is 4.12. The standard InChI is InChI=1S/C24H27ClN2O5/c25-21-4-2-1-3-20(21)24(9-13-30-14-10-24)23(29)26-18-5-7-19(8-6-18)32-17-22(28)27-11-15-31-16-12-27/h1-8H,9-17H2,(H,26,29). The van der Waals surface area contributed by atoms with Gasteiger partial charge in [0.25, 0.3) is 5.91 Å². The molecule has 0 aromatic heterocycles. The van der Waals surface area contributed by atoms with E-state index in [1.807, 2.05) is 24.3 Å². The summed E-state index contributed by atoms with van der Waals surface area (Å²) in [4.78, 5) is 27.4. The number of nitrogens with one attached hydrogen (secondary N) is 1. The molecule has 8 heteroatoms. The maximum absolute atomic E-state index is 13.4. The molecule has 0 bridgehead atoms. The number of carbonyl (C=O) groups is 2. The maximum Gasteiger partial charge on any atom is 0.260 e. The highest BCUT2D eigenvalue weighted by molar-refractivity contribution is 6.31. The summed E-state index contributed by atoms with van der Waals surface area (Å²) in [7, 11) is 0. The molecule has 0 spiro atoms. The van der Waals surface area contributed by atoms with Gasteiger partial charge in [0.05, 0.1) is 18.6 Å². The van der Waals surface area contributed by atoms with Gasteiger partial charge in [-0.2, -0.15) is 0 Å². The highest BCUT2D eigenvalue weighted by Crippen LogP contribution is 2.39. The topological polar surface area (TPSA) is 77.1 Å². The lowest BCUT2D eigenvalue weighted by atomic mass is 9.73. The van der Waals surface area contributed by atoms with Crippen molar-refractivity contribution in [2.75, 3.05) is 51.4 Å². The third-order valence-electron chi connectivity index (χ3n) is 6.01. The van der Waals surface area contributed by atoms with Crippen LogP contribution in [-0.2, 0) is 24.5 Å². The van der Waals surface area contributed by atoms with Gasteiger partial charge in [0.2, 0.25) is 5.91 Å². The number of morpholine rings is 1. The SMILES string of the molecule is O=C(COc1ccc(NC(=O)C2(c3ccccc3Cl)CCOCC2)cc1)N1CCOCC1. The van der Waals surface area contributed by atoms with Crippen LogP contribution in [0.4, 0.5) is 5.69 Å². The number of ether oxygens (including phenoxy) is 3. The Balaban J connectivity index is 1.40. The quantitative estimate of drug-likeness (QED) is 0.719. The van der Waals surface area contributed by atoms with Crippen LogP contribution in [0.1, 0.15) is 18.4 Å². The van der Waals surface area contributed by atoms with Gasteiger partial charge in [-0.05, 0) is 48.7 Å². The Morgan fingerprint density at radius 3 is 2.31 bits per heavy atom. The van der Waals surface area contributed by atoms with Gasteiger partial charge in [0.15, 0.2) is 6.61 Å². The number of anilines is 1. The molecule has 2 aliphatic heterocycles. The van der Waals surface area contributed by atoms with Gasteiger partial charge < -0.3 is 24.4 Å². The van der Waals surface area contributed by atoms with Crippen molar-refractivity contribution in [3.8, 4) is 5.75 Å². The van der Waals surface area contributed by atoms with Crippen LogP contribution in [-0.4, -0.2) is 62.8 Å². The van der Waals surface area contributed by atoms with Crippen molar-refractivity contribution in [3.05, 3.63) is 59.1 Å². The number of benzene rings is 2. The van der Waals surface area contributed by atoms with Crippen LogP contribution in [0.5, 0.6) is 5.75 Å². The molecule has 0 radical (unpaired) electrons. The fourth-order valence-corrected chi connectivity index (χ4v) is 4.44. The van der Waals surface area contributed by atoms with Crippen LogP contribution in [0.15, 0.2) is 48.5 Å². The van der Waals surface area contributed by atoms with E-state index in [-0.39, 0.29) is 18.4 Å². The highest BCUT2D eigenvalue weighted by Gasteiger charge is 2.43. The van der Waals surface area contributed by atoms with E-state index >= 15 is 0 Å². The summed E-state index contributed by atoms with van der Waals surface area (Å²) < 4.78 is 16.4. The zero-order valence-corrected chi connectivity index (χ0v) is 18.6. The molecular formula is C24H27ClN2O5. The van der Waals surface area contributed by atoms with E-state index in [0.29, 0.717) is 68.8 Å². The molecule has 0 atom stereocenters. The Hall–Kier alpha value is -2.61. The van der Waals surface area contributed by atoms with Crippen LogP contribution in [0.25, 0.3) is 0 Å². The molecule has 0 saturated carbocycles. The monoisotopic (exact) mass is 458 g/mol. The Morgan fingerprint density at radius 2 is 1.62 bits per heavy atom. The summed E-state index contributed by atoms with van der Waals surface area (Å²) in [6.45, 7) is 3.27. The normalized spacial score (nSPS) is 18.1. The number of hydrogen-bond acceptors (Lipinski definition) is 5. The lowest BCUT2D eigenvalue weighted by Gasteiger charge is -2.36. The molecule has 2 aromatic rings. The number of rotatable bonds is 6. The van der Waals surface area contributed by atoms with Gasteiger partial charge in [0, 0.05) is 37.0 Å². The predicted molar refractivity (Wildman–Crippen MR) is 121 cm³/mol. The van der Waals surface area contributed by atoms with E-state index in [4.69, 9.17) is 25.8 Å². The average Bonchev–Trinajstić information content (AvgIpc) is 2.84. The second-order valence-electron chi connectivity index (χ2n) is 7.93. The minimum atomic E-state index is -0.740. The summed E-state index contributed by atoms with van der Waals surface area (Å²) in [6, 6.07) is 14.5. The summed E-state index contributed by atoms with van der Waals surface area (Å²) in [5.74, 6) is 0.397. The van der Waals surface area contributed by atoms with Crippen LogP contribution < -0.4 is 10.1 Å². The molecule has 4 rings (SSSR count). The van der Waals surface area contributed by atoms with E-state index in [2.05, 4.69) is 5.32 Å². The molecule has 2 aliphatic rings. The first kappa shape index (κ1) is 22.6. The van der Waals surface area contributed by atoms with Crippen molar-refractivity contribution in [3.63, 3.8) is 0 Å². The van der Waals surface area contributed by atoms with Crippen molar-refractivity contribution in [2.45, 2.75) is 18.3 Å². The average molecular weight is 459 g/mol. The molecule has 1 N–H and O–H groups in total. The van der Waals surface area contributed by atoms with Crippen molar-refractivity contribution in [2.24, 2.45) is 0 Å². The van der Waals surface area contributed by atoms with Crippen molar-refractivity contribution in [1.29, 1.82) is 0 Å². The molecule has 2 fully saturated rings. The van der Waals surface area contributed by atoms with Gasteiger partial charge >= 0.3 is 0 Å². The van der Waals surface area contributed by atoms with Crippen molar-refractivity contribution < 1.29 is 23.8 Å². The van der Waals surface area contributed by atoms with Crippen molar-refractivity contribution in [1.82, 2.24) is 4.90 Å². The van der Waals surface area contributed by atoms with E-state index in [1.165, 1.54) is 0 Å². The first-order chi connectivity index (χ1) is 15.6. The van der Waals surface area contributed by atoms with Crippen LogP contribution in [0, 0.1) is 0 Å². The smallest absolute Gasteiger partial charge is 0.260 e. The third-order valence-corrected chi connectivity index (χ3v) is 6.34. The molecule has 170 valence electrons. The van der Waals surface area contributed by atoms with Crippen LogP contribution in [0.3, 0.4) is 0 Å². The Morgan fingerprint density at radius 1 is 0.969 bits per heavy atom. The number of carbonyl (C=O) groups excluding carboxylic acids is 2. The van der Waals surface area contributed by atoms with Gasteiger partial charge in [-0.15, -0.1) is 0 Å². The summed E-state index contributed by atoms with van der Waals surface area (Å²) in [6.07, 6.45) is 1.13. The molecule has 2 amide bonds. The minimum absolute atomic E-state index is 0.0265. The predicted octanol–water partition coefficient (Wildman–Crippen LogP) is 3.26. The Bertz CT molecular complexity index is 938. The lowest BCUT2D eigenvalue weighted by Crippen LogP contribution is -2.45. The van der Waals surface area contributed by atoms with Crippen LogP contribution >= 0.6 is 11.6 Å². The molecule has 2 aromatic carbocycles. The molecule has 2 heterocycles. The van der Waals surface area contributed by atoms with Gasteiger partial charge in [0.1, 0.15) is 5.75 Å². The first-order valence-corrected chi connectivity index (χ1v) is 11.2. The molecule has 2 saturated heterocycles. The Labute approximate surface area is 192 Å². The molecular weight excluding hydrogens is 432 g/mol. The summed E-state index contributed by atoms with van der Waals surface area (Å²) in [5, 5.41) is 3.61. The van der Waals surface area contributed by atoms with Crippen LogP contribution in [0.2, 0.25) is 5.02 Å². The van der Waals surface area contributed by atoms with E-state index < -0.39 is 5.41 Å². The lowest BCUT2D eigenvalue weighted by molar-refractivity contribution is -0.137. The van der Waals surface area contributed by atoms with Crippen molar-refractivity contribution >= 4 is 29.1 Å². The molecule has 7 nitrogen and oxygen atoms in total. The second kappa shape index (κ2) is 10.3. The third kappa shape index (κ3) is 5.06. The summed E-state index contributed by atoms with van der Waals surface area (Å²) in [5.41, 5.74) is 0.736.